The van der Waals surface area contributed by atoms with E-state index in [1.165, 1.54) is 0 Å². The van der Waals surface area contributed by atoms with Crippen molar-refractivity contribution in [2.45, 2.75) is 31.1 Å². The number of hydrogen-bond acceptors (Lipinski definition) is 6. The fourth-order valence-corrected chi connectivity index (χ4v) is 3.93. The normalized spacial score (nSPS) is 10.2. The average Bonchev–Trinajstić information content (AvgIpc) is 2.27. The molecule has 0 N–H and O–H groups in total. The fraction of sp³-hybridized carbons (Fsp3) is 0.400. The van der Waals surface area contributed by atoms with Crippen molar-refractivity contribution < 1.29 is 24.7 Å². The summed E-state index contributed by atoms with van der Waals surface area (Å²) in [5, 5.41) is 0. The number of benzene rings is 1. The molecule has 0 fully saturated rings. The van der Waals surface area contributed by atoms with Crippen molar-refractivity contribution in [2.24, 2.45) is 0 Å². The van der Waals surface area contributed by atoms with Crippen LogP contribution in [0.15, 0.2) is 29.2 Å². The van der Waals surface area contributed by atoms with Gasteiger partial charge >= 0.3 is 34.6 Å². The van der Waals surface area contributed by atoms with E-state index in [1.807, 2.05) is 24.3 Å². The maximum absolute atomic E-state index is 11.0. The van der Waals surface area contributed by atoms with Crippen LogP contribution in [0.3, 0.4) is 0 Å². The molecule has 2 nitrogen and oxygen atoms in total. The molecule has 0 bridgehead atoms. The van der Waals surface area contributed by atoms with E-state index < -0.39 is 5.69 Å². The Morgan fingerprint density at radius 2 is 1.83 bits per heavy atom. The van der Waals surface area contributed by atoms with E-state index in [0.717, 1.165) is 41.1 Å². The molecule has 8 heteroatoms. The standard InChI is InChI=1S/C10H15O2PS2.Mo.2S/c1-2-3-6-9-7-4-5-8-10(9)15-13(11,12)14;;;/h4-5,7-8H,2-3,6H2,1H3,(H2,11,12,14);;;/q;+2;;/p-2. The van der Waals surface area contributed by atoms with E-state index in [1.54, 1.807) is 0 Å². The van der Waals surface area contributed by atoms with Crippen LogP contribution in [0.5, 0.6) is 0 Å². The molecule has 0 aromatic heterocycles. The Hall–Kier alpha value is 1.27. The molecule has 1 aromatic carbocycles. The van der Waals surface area contributed by atoms with Crippen molar-refractivity contribution in [3.05, 3.63) is 29.8 Å². The van der Waals surface area contributed by atoms with E-state index in [0.29, 0.717) is 0 Å². The molecule has 18 heavy (non-hydrogen) atoms. The molecular weight excluding hydrogens is 407 g/mol. The van der Waals surface area contributed by atoms with Crippen LogP contribution in [0, 0.1) is 0 Å². The zero-order valence-electron chi connectivity index (χ0n) is 9.74. The van der Waals surface area contributed by atoms with E-state index in [2.05, 4.69) is 38.4 Å². The predicted octanol–water partition coefficient (Wildman–Crippen LogP) is 3.36. The third-order valence-corrected chi connectivity index (χ3v) is 4.73. The average molecular weight is 420 g/mol. The number of unbranched alkanes of at least 4 members (excludes halogenated alkanes) is 1. The summed E-state index contributed by atoms with van der Waals surface area (Å²) >= 11 is 4.83. The van der Waals surface area contributed by atoms with Crippen LogP contribution in [0.1, 0.15) is 25.3 Å². The second-order valence-corrected chi connectivity index (χ2v) is 12.5. The van der Waals surface area contributed by atoms with Crippen LogP contribution in [-0.4, -0.2) is 0 Å². The van der Waals surface area contributed by atoms with Gasteiger partial charge < -0.3 is 9.79 Å². The summed E-state index contributed by atoms with van der Waals surface area (Å²) < 4.78 is 0. The summed E-state index contributed by atoms with van der Waals surface area (Å²) in [7, 11) is 8.68. The van der Waals surface area contributed by atoms with Crippen LogP contribution in [0.2, 0.25) is 0 Å². The van der Waals surface area contributed by atoms with E-state index in [4.69, 9.17) is 0 Å². The van der Waals surface area contributed by atoms with Gasteiger partial charge in [0, 0.05) is 4.90 Å². The summed E-state index contributed by atoms with van der Waals surface area (Å²) in [6.45, 7) is 2.11. The SMILES string of the molecule is CCCCc1ccccc1SP([O-])([O-])=S.[S]=[Mo+2]=[S]. The van der Waals surface area contributed by atoms with Gasteiger partial charge in [-0.05, 0) is 24.5 Å². The molecule has 0 aliphatic rings. The molecule has 0 radical (unpaired) electrons. The van der Waals surface area contributed by atoms with E-state index in [9.17, 15) is 9.79 Å². The van der Waals surface area contributed by atoms with Crippen LogP contribution in [0.4, 0.5) is 0 Å². The van der Waals surface area contributed by atoms with Crippen LogP contribution in [-0.2, 0) is 33.2 Å². The van der Waals surface area contributed by atoms with Gasteiger partial charge in [0.2, 0.25) is 0 Å². The first-order chi connectivity index (χ1) is 8.44. The molecule has 0 saturated heterocycles. The van der Waals surface area contributed by atoms with Crippen LogP contribution < -0.4 is 9.79 Å². The first-order valence-corrected chi connectivity index (χ1v) is 14.8. The molecular formula is C10H13MoO2PS4. The van der Waals surface area contributed by atoms with E-state index >= 15 is 0 Å². The van der Waals surface area contributed by atoms with Crippen molar-refractivity contribution in [1.29, 1.82) is 0 Å². The maximum atomic E-state index is 11.0. The molecule has 0 heterocycles. The van der Waals surface area contributed by atoms with Gasteiger partial charge in [0.15, 0.2) is 0 Å². The van der Waals surface area contributed by atoms with Crippen molar-refractivity contribution in [3.63, 3.8) is 0 Å². The summed E-state index contributed by atoms with van der Waals surface area (Å²) in [6, 6.07) is 7.53. The Bertz CT molecular complexity index is 443. The number of rotatable bonds is 5. The molecule has 0 atom stereocenters. The second-order valence-electron chi connectivity index (χ2n) is 3.32. The minimum atomic E-state index is -3.70. The Balaban J connectivity index is 0.000000873. The fourth-order valence-electron chi connectivity index (χ4n) is 1.29. The molecule has 0 saturated carbocycles. The zero-order valence-corrected chi connectivity index (χ0v) is 15.9. The number of aryl methyl sites for hydroxylation is 1. The minimum absolute atomic E-state index is 0.363. The van der Waals surface area contributed by atoms with Gasteiger partial charge in [-0.3, -0.25) is 0 Å². The Morgan fingerprint density at radius 3 is 2.33 bits per heavy atom. The first-order valence-electron chi connectivity index (χ1n) is 5.16. The topological polar surface area (TPSA) is 46.1 Å². The van der Waals surface area contributed by atoms with Crippen LogP contribution in [0.25, 0.3) is 0 Å². The molecule has 1 aromatic rings. The summed E-state index contributed by atoms with van der Waals surface area (Å²) in [5.41, 5.74) is -2.62. The Morgan fingerprint density at radius 1 is 1.28 bits per heavy atom. The molecule has 1 rings (SSSR count). The number of hydrogen-bond donors (Lipinski definition) is 0. The Labute approximate surface area is 133 Å². The summed E-state index contributed by atoms with van der Waals surface area (Å²) in [6.07, 6.45) is 3.08. The van der Waals surface area contributed by atoms with Crippen molar-refractivity contribution in [1.82, 2.24) is 0 Å². The van der Waals surface area contributed by atoms with Crippen molar-refractivity contribution >= 4 is 48.5 Å². The third-order valence-electron chi connectivity index (χ3n) is 1.98. The molecule has 0 aliphatic heterocycles. The molecule has 0 unspecified atom stereocenters. The second kappa shape index (κ2) is 11.0. The van der Waals surface area contributed by atoms with Gasteiger partial charge in [-0.1, -0.05) is 31.5 Å². The molecule has 0 aliphatic carbocycles. The van der Waals surface area contributed by atoms with Gasteiger partial charge in [-0.2, -0.15) is 5.69 Å². The van der Waals surface area contributed by atoms with Crippen LogP contribution >= 0.6 is 36.7 Å². The van der Waals surface area contributed by atoms with Crippen molar-refractivity contribution in [3.8, 4) is 0 Å². The monoisotopic (exact) mass is 422 g/mol. The van der Waals surface area contributed by atoms with Gasteiger partial charge in [0.1, 0.15) is 0 Å². The summed E-state index contributed by atoms with van der Waals surface area (Å²) in [5.74, 6) is 0. The third kappa shape index (κ3) is 10.1. The quantitative estimate of drug-likeness (QED) is 0.538. The zero-order chi connectivity index (χ0) is 14.0. The Kier molecular flexibility index (Phi) is 11.8. The molecule has 100 valence electrons. The first kappa shape index (κ1) is 19.3. The molecule has 0 spiro atoms. The van der Waals surface area contributed by atoms with Gasteiger partial charge in [0.05, 0.1) is 0 Å². The van der Waals surface area contributed by atoms with Crippen molar-refractivity contribution in [2.75, 3.05) is 0 Å². The molecule has 0 amide bonds. The predicted molar refractivity (Wildman–Crippen MR) is 80.4 cm³/mol. The van der Waals surface area contributed by atoms with Gasteiger partial charge in [-0.25, -0.2) is 0 Å². The van der Waals surface area contributed by atoms with E-state index in [-0.39, 0.29) is 14.9 Å². The van der Waals surface area contributed by atoms with Gasteiger partial charge in [-0.15, -0.1) is 23.2 Å². The van der Waals surface area contributed by atoms with Gasteiger partial charge in [0.25, 0.3) is 0 Å². The summed E-state index contributed by atoms with van der Waals surface area (Å²) in [4.78, 5) is 22.8.